The Bertz CT molecular complexity index is 1200. The molecule has 0 radical (unpaired) electrons. The predicted octanol–water partition coefficient (Wildman–Crippen LogP) is 1.23. The van der Waals surface area contributed by atoms with Crippen molar-refractivity contribution in [1.29, 1.82) is 0 Å². The van der Waals surface area contributed by atoms with Crippen molar-refractivity contribution in [2.75, 3.05) is 5.32 Å². The Labute approximate surface area is 153 Å². The maximum Gasteiger partial charge on any atom is 0.269 e. The van der Waals surface area contributed by atoms with Crippen LogP contribution in [0.5, 0.6) is 0 Å². The van der Waals surface area contributed by atoms with Crippen LogP contribution >= 0.6 is 0 Å². The van der Waals surface area contributed by atoms with Gasteiger partial charge in [0, 0.05) is 18.3 Å². The fourth-order valence-corrected chi connectivity index (χ4v) is 2.83. The summed E-state index contributed by atoms with van der Waals surface area (Å²) in [6.45, 7) is -0.113. The van der Waals surface area contributed by atoms with E-state index >= 15 is 0 Å². The van der Waals surface area contributed by atoms with E-state index in [9.17, 15) is 9.59 Å². The van der Waals surface area contributed by atoms with E-state index in [0.717, 1.165) is 5.56 Å². The van der Waals surface area contributed by atoms with Gasteiger partial charge in [-0.25, -0.2) is 9.67 Å². The van der Waals surface area contributed by atoms with Crippen LogP contribution in [0.15, 0.2) is 59.5 Å². The second-order valence-electron chi connectivity index (χ2n) is 5.93. The summed E-state index contributed by atoms with van der Waals surface area (Å²) in [5, 5.41) is 14.2. The summed E-state index contributed by atoms with van der Waals surface area (Å²) in [6, 6.07) is 14.4. The fourth-order valence-electron chi connectivity index (χ4n) is 2.83. The molecule has 9 nitrogen and oxygen atoms in total. The summed E-state index contributed by atoms with van der Waals surface area (Å²) in [4.78, 5) is 28.8. The number of para-hydroxylation sites is 2. The van der Waals surface area contributed by atoms with Crippen LogP contribution in [0.2, 0.25) is 0 Å². The van der Waals surface area contributed by atoms with Crippen molar-refractivity contribution in [3.8, 4) is 11.4 Å². The van der Waals surface area contributed by atoms with Crippen LogP contribution in [-0.4, -0.2) is 35.7 Å². The van der Waals surface area contributed by atoms with Crippen molar-refractivity contribution in [3.05, 3.63) is 65.1 Å². The summed E-state index contributed by atoms with van der Waals surface area (Å²) < 4.78 is 2.94. The molecule has 0 saturated carbocycles. The van der Waals surface area contributed by atoms with Crippen molar-refractivity contribution in [3.63, 3.8) is 0 Å². The van der Waals surface area contributed by atoms with Crippen LogP contribution in [0.25, 0.3) is 22.4 Å². The SMILES string of the molecule is Cn1nnnc1-c1cccc(NC(=O)Cn2c(=O)cnc3ccccc32)c1. The average Bonchev–Trinajstić information content (AvgIpc) is 3.10. The van der Waals surface area contributed by atoms with Crippen molar-refractivity contribution in [2.24, 2.45) is 7.05 Å². The summed E-state index contributed by atoms with van der Waals surface area (Å²) in [7, 11) is 1.74. The third-order valence-corrected chi connectivity index (χ3v) is 4.08. The molecule has 4 rings (SSSR count). The maximum atomic E-state index is 12.5. The molecule has 0 aliphatic carbocycles. The molecule has 2 aromatic carbocycles. The van der Waals surface area contributed by atoms with Crippen LogP contribution in [0, 0.1) is 0 Å². The van der Waals surface area contributed by atoms with Crippen molar-refractivity contribution in [2.45, 2.75) is 6.54 Å². The topological polar surface area (TPSA) is 108 Å². The Morgan fingerprint density at radius 1 is 1.15 bits per heavy atom. The quantitative estimate of drug-likeness (QED) is 0.586. The molecule has 0 saturated heterocycles. The van der Waals surface area contributed by atoms with Gasteiger partial charge in [-0.15, -0.1) is 5.10 Å². The number of amides is 1. The summed E-state index contributed by atoms with van der Waals surface area (Å²) in [5.41, 5.74) is 2.29. The zero-order valence-corrected chi connectivity index (χ0v) is 14.4. The summed E-state index contributed by atoms with van der Waals surface area (Å²) >= 11 is 0. The van der Waals surface area contributed by atoms with Gasteiger partial charge in [0.15, 0.2) is 5.82 Å². The van der Waals surface area contributed by atoms with E-state index in [-0.39, 0.29) is 18.0 Å². The Morgan fingerprint density at radius 3 is 2.81 bits per heavy atom. The summed E-state index contributed by atoms with van der Waals surface area (Å²) in [6.07, 6.45) is 1.22. The number of anilines is 1. The molecular formula is C18H15N7O2. The first-order valence-electron chi connectivity index (χ1n) is 8.19. The van der Waals surface area contributed by atoms with Gasteiger partial charge in [-0.1, -0.05) is 24.3 Å². The first-order chi connectivity index (χ1) is 13.1. The lowest BCUT2D eigenvalue weighted by molar-refractivity contribution is -0.116. The van der Waals surface area contributed by atoms with Crippen LogP contribution in [0.1, 0.15) is 0 Å². The molecule has 134 valence electrons. The molecule has 1 amide bonds. The molecule has 2 heterocycles. The Kier molecular flexibility index (Phi) is 4.17. The minimum absolute atomic E-state index is 0.113. The van der Waals surface area contributed by atoms with Crippen molar-refractivity contribution in [1.82, 2.24) is 29.8 Å². The third kappa shape index (κ3) is 3.30. The maximum absolute atomic E-state index is 12.5. The lowest BCUT2D eigenvalue weighted by Gasteiger charge is -2.10. The zero-order valence-electron chi connectivity index (χ0n) is 14.4. The van der Waals surface area contributed by atoms with Gasteiger partial charge in [0.05, 0.1) is 17.2 Å². The molecule has 2 aromatic heterocycles. The predicted molar refractivity (Wildman–Crippen MR) is 98.9 cm³/mol. The van der Waals surface area contributed by atoms with Crippen LogP contribution in [-0.2, 0) is 18.4 Å². The van der Waals surface area contributed by atoms with E-state index < -0.39 is 0 Å². The zero-order chi connectivity index (χ0) is 18.8. The van der Waals surface area contributed by atoms with Gasteiger partial charge in [0.1, 0.15) is 6.54 Å². The standard InChI is InChI=1S/C18H15N7O2/c1-24-18(21-22-23-24)12-5-4-6-13(9-12)20-16(26)11-25-15-8-3-2-7-14(15)19-10-17(25)27/h2-10H,11H2,1H3,(H,20,26). The molecule has 0 unspecified atom stereocenters. The molecule has 27 heavy (non-hydrogen) atoms. The lowest BCUT2D eigenvalue weighted by atomic mass is 10.2. The number of nitrogens with one attached hydrogen (secondary N) is 1. The summed E-state index contributed by atoms with van der Waals surface area (Å²) in [5.74, 6) is 0.268. The smallest absolute Gasteiger partial charge is 0.269 e. The number of fused-ring (bicyclic) bond motifs is 1. The average molecular weight is 361 g/mol. The Hall–Kier alpha value is -3.88. The van der Waals surface area contributed by atoms with Gasteiger partial charge >= 0.3 is 0 Å². The number of aromatic nitrogens is 6. The van der Waals surface area contributed by atoms with Gasteiger partial charge in [0.25, 0.3) is 5.56 Å². The molecule has 4 aromatic rings. The number of hydrogen-bond acceptors (Lipinski definition) is 6. The van der Waals surface area contributed by atoms with Gasteiger partial charge in [-0.05, 0) is 34.7 Å². The van der Waals surface area contributed by atoms with Crippen LogP contribution in [0.4, 0.5) is 5.69 Å². The molecular weight excluding hydrogens is 346 g/mol. The monoisotopic (exact) mass is 361 g/mol. The van der Waals surface area contributed by atoms with Crippen LogP contribution in [0.3, 0.4) is 0 Å². The number of tetrazole rings is 1. The molecule has 0 atom stereocenters. The van der Waals surface area contributed by atoms with Crippen molar-refractivity contribution >= 4 is 22.6 Å². The lowest BCUT2D eigenvalue weighted by Crippen LogP contribution is -2.28. The van der Waals surface area contributed by atoms with Gasteiger partial charge in [-0.2, -0.15) is 0 Å². The molecule has 0 spiro atoms. The van der Waals surface area contributed by atoms with Crippen LogP contribution < -0.4 is 10.9 Å². The third-order valence-electron chi connectivity index (χ3n) is 4.08. The van der Waals surface area contributed by atoms with E-state index in [0.29, 0.717) is 22.5 Å². The molecule has 9 heteroatoms. The second kappa shape index (κ2) is 6.79. The number of hydrogen-bond donors (Lipinski definition) is 1. The number of rotatable bonds is 4. The van der Waals surface area contributed by atoms with E-state index in [4.69, 9.17) is 0 Å². The number of nitrogens with zero attached hydrogens (tertiary/aromatic N) is 6. The van der Waals surface area contributed by atoms with Gasteiger partial charge < -0.3 is 5.32 Å². The normalized spacial score (nSPS) is 10.9. The molecule has 0 bridgehead atoms. The first-order valence-corrected chi connectivity index (χ1v) is 8.19. The fraction of sp³-hybridized carbons (Fsp3) is 0.111. The largest absolute Gasteiger partial charge is 0.325 e. The highest BCUT2D eigenvalue weighted by molar-refractivity contribution is 5.92. The van der Waals surface area contributed by atoms with Crippen molar-refractivity contribution < 1.29 is 4.79 Å². The van der Waals surface area contributed by atoms with Gasteiger partial charge in [0.2, 0.25) is 5.91 Å². The first kappa shape index (κ1) is 16.6. The number of carbonyl (C=O) groups is 1. The number of aryl methyl sites for hydroxylation is 1. The highest BCUT2D eigenvalue weighted by atomic mass is 16.2. The van der Waals surface area contributed by atoms with Gasteiger partial charge in [-0.3, -0.25) is 14.2 Å². The molecule has 0 aliphatic heterocycles. The second-order valence-corrected chi connectivity index (χ2v) is 5.93. The number of carbonyl (C=O) groups excluding carboxylic acids is 1. The van der Waals surface area contributed by atoms with E-state index in [2.05, 4.69) is 25.8 Å². The van der Waals surface area contributed by atoms with E-state index in [1.54, 1.807) is 48.1 Å². The molecule has 0 fully saturated rings. The highest BCUT2D eigenvalue weighted by Gasteiger charge is 2.11. The number of benzene rings is 2. The molecule has 0 aliphatic rings. The Morgan fingerprint density at radius 2 is 2.00 bits per heavy atom. The van der Waals surface area contributed by atoms with E-state index in [1.807, 2.05) is 12.1 Å². The Balaban J connectivity index is 1.59. The highest BCUT2D eigenvalue weighted by Crippen LogP contribution is 2.19. The molecule has 1 N–H and O–H groups in total. The minimum atomic E-state index is -0.331. The minimum Gasteiger partial charge on any atom is -0.325 e. The van der Waals surface area contributed by atoms with E-state index in [1.165, 1.54) is 10.8 Å².